The Hall–Kier alpha value is -1.50. The molecule has 0 saturated carbocycles. The first kappa shape index (κ1) is 17.5. The molecule has 0 unspecified atom stereocenters. The van der Waals surface area contributed by atoms with Crippen LogP contribution in [0.4, 0.5) is 5.69 Å². The van der Waals surface area contributed by atoms with E-state index in [1.807, 2.05) is 0 Å². The second-order valence-corrected chi connectivity index (χ2v) is 3.79. The third kappa shape index (κ3) is 5.78. The molecule has 0 atom stereocenters. The molecule has 0 radical (unpaired) electrons. The number of halogens is 2. The molecule has 106 valence electrons. The molecule has 0 aliphatic carbocycles. The highest BCUT2D eigenvalue weighted by Crippen LogP contribution is 2.26. The summed E-state index contributed by atoms with van der Waals surface area (Å²) in [5, 5.41) is 5.32. The largest absolute Gasteiger partial charge is 0.495 e. The van der Waals surface area contributed by atoms with Gasteiger partial charge in [-0.3, -0.25) is 9.59 Å². The van der Waals surface area contributed by atoms with Gasteiger partial charge in [-0.05, 0) is 18.2 Å². The number of nitrogens with two attached hydrogens (primary N) is 1. The Kier molecular flexibility index (Phi) is 7.90. The number of methoxy groups -OCH3 is 1. The maximum absolute atomic E-state index is 11.5. The van der Waals surface area contributed by atoms with E-state index in [0.717, 1.165) is 0 Å². The topological polar surface area (TPSA) is 93.5 Å². The first-order chi connectivity index (χ1) is 8.56. The molecule has 1 aromatic carbocycles. The highest BCUT2D eigenvalue weighted by Gasteiger charge is 2.06. The van der Waals surface area contributed by atoms with Crippen molar-refractivity contribution >= 4 is 41.5 Å². The minimum absolute atomic E-state index is 0. The Bertz CT molecular complexity index is 455. The van der Waals surface area contributed by atoms with Crippen LogP contribution in [0.1, 0.15) is 0 Å². The van der Waals surface area contributed by atoms with Gasteiger partial charge in [-0.25, -0.2) is 0 Å². The summed E-state index contributed by atoms with van der Waals surface area (Å²) in [5.41, 5.74) is 5.61. The lowest BCUT2D eigenvalue weighted by atomic mass is 10.3. The lowest BCUT2D eigenvalue weighted by Gasteiger charge is -2.08. The minimum atomic E-state index is -0.391. The monoisotopic (exact) mass is 307 g/mol. The van der Waals surface area contributed by atoms with Crippen LogP contribution in [0.3, 0.4) is 0 Å². The smallest absolute Gasteiger partial charge is 0.243 e. The molecule has 2 amide bonds. The van der Waals surface area contributed by atoms with Crippen molar-refractivity contribution in [2.45, 2.75) is 0 Å². The molecule has 0 saturated heterocycles. The first-order valence-electron chi connectivity index (χ1n) is 5.17. The van der Waals surface area contributed by atoms with E-state index in [-0.39, 0.29) is 31.4 Å². The van der Waals surface area contributed by atoms with E-state index in [0.29, 0.717) is 16.5 Å². The number of rotatable bonds is 5. The average Bonchev–Trinajstić information content (AvgIpc) is 2.36. The van der Waals surface area contributed by atoms with Crippen molar-refractivity contribution < 1.29 is 14.3 Å². The summed E-state index contributed by atoms with van der Waals surface area (Å²) >= 11 is 5.90. The van der Waals surface area contributed by atoms with Crippen molar-refractivity contribution in [2.75, 3.05) is 25.5 Å². The fourth-order valence-corrected chi connectivity index (χ4v) is 1.46. The molecule has 1 aromatic rings. The third-order valence-electron chi connectivity index (χ3n) is 2.07. The van der Waals surface area contributed by atoms with Crippen molar-refractivity contribution in [3.05, 3.63) is 23.2 Å². The maximum Gasteiger partial charge on any atom is 0.243 e. The summed E-state index contributed by atoms with van der Waals surface area (Å²) in [4.78, 5) is 22.3. The van der Waals surface area contributed by atoms with Crippen LogP contribution in [0, 0.1) is 0 Å². The summed E-state index contributed by atoms with van der Waals surface area (Å²) in [7, 11) is 1.50. The van der Waals surface area contributed by atoms with Gasteiger partial charge in [0, 0.05) is 5.69 Å². The SMILES string of the molecule is COc1ccc(NC(=O)CNC(=O)CN)cc1Cl.Cl. The Morgan fingerprint density at radius 3 is 2.58 bits per heavy atom. The van der Waals surface area contributed by atoms with Gasteiger partial charge >= 0.3 is 0 Å². The van der Waals surface area contributed by atoms with Crippen molar-refractivity contribution in [1.82, 2.24) is 5.32 Å². The molecule has 1 rings (SSSR count). The quantitative estimate of drug-likeness (QED) is 0.749. The zero-order valence-corrected chi connectivity index (χ0v) is 11.8. The number of hydrogen-bond acceptors (Lipinski definition) is 4. The predicted octanol–water partition coefficient (Wildman–Crippen LogP) is 0.784. The Morgan fingerprint density at radius 1 is 1.37 bits per heavy atom. The Labute approximate surface area is 122 Å². The molecule has 0 spiro atoms. The Balaban J connectivity index is 0.00000324. The summed E-state index contributed by atoms with van der Waals surface area (Å²) < 4.78 is 4.98. The number of carbonyl (C=O) groups excluding carboxylic acids is 2. The summed E-state index contributed by atoms with van der Waals surface area (Å²) in [6, 6.07) is 4.84. The number of benzene rings is 1. The molecule has 6 nitrogen and oxygen atoms in total. The molecular formula is C11H15Cl2N3O3. The first-order valence-corrected chi connectivity index (χ1v) is 5.54. The van der Waals surface area contributed by atoms with Gasteiger partial charge in [0.1, 0.15) is 5.75 Å². The highest BCUT2D eigenvalue weighted by atomic mass is 35.5. The minimum Gasteiger partial charge on any atom is -0.495 e. The van der Waals surface area contributed by atoms with Gasteiger partial charge in [-0.1, -0.05) is 11.6 Å². The molecule has 0 bridgehead atoms. The number of anilines is 1. The molecule has 0 aromatic heterocycles. The van der Waals surface area contributed by atoms with Gasteiger partial charge in [-0.2, -0.15) is 0 Å². The van der Waals surface area contributed by atoms with Crippen molar-refractivity contribution in [3.8, 4) is 5.75 Å². The number of hydrogen-bond donors (Lipinski definition) is 3. The van der Waals surface area contributed by atoms with Gasteiger partial charge in [0.05, 0.1) is 25.2 Å². The van der Waals surface area contributed by atoms with Crippen LogP contribution in [0.2, 0.25) is 5.02 Å². The average molecular weight is 308 g/mol. The van der Waals surface area contributed by atoms with E-state index in [1.165, 1.54) is 7.11 Å². The summed E-state index contributed by atoms with van der Waals surface area (Å²) in [5.74, 6) is -0.234. The molecule has 4 N–H and O–H groups in total. The van der Waals surface area contributed by atoms with Crippen LogP contribution in [0.15, 0.2) is 18.2 Å². The van der Waals surface area contributed by atoms with Gasteiger partial charge < -0.3 is 21.1 Å². The Morgan fingerprint density at radius 2 is 2.05 bits per heavy atom. The van der Waals surface area contributed by atoms with Crippen LogP contribution < -0.4 is 21.1 Å². The van der Waals surface area contributed by atoms with Gasteiger partial charge in [0.15, 0.2) is 0 Å². The predicted molar refractivity (Wildman–Crippen MR) is 75.9 cm³/mol. The second kappa shape index (κ2) is 8.58. The highest BCUT2D eigenvalue weighted by molar-refractivity contribution is 6.32. The van der Waals surface area contributed by atoms with Crippen LogP contribution in [0.5, 0.6) is 5.75 Å². The maximum atomic E-state index is 11.5. The second-order valence-electron chi connectivity index (χ2n) is 3.38. The molecule has 0 aliphatic heterocycles. The van der Waals surface area contributed by atoms with Gasteiger partial charge in [0.25, 0.3) is 0 Å². The lowest BCUT2D eigenvalue weighted by molar-refractivity contribution is -0.123. The standard InChI is InChI=1S/C11H14ClN3O3.ClH/c1-18-9-3-2-7(4-8(9)12)15-11(17)6-14-10(16)5-13;/h2-4H,5-6,13H2,1H3,(H,14,16)(H,15,17);1H. The normalized spacial score (nSPS) is 9.21. The van der Waals surface area contributed by atoms with Crippen molar-refractivity contribution in [2.24, 2.45) is 5.73 Å². The van der Waals surface area contributed by atoms with Crippen LogP contribution in [-0.4, -0.2) is 32.0 Å². The summed E-state index contributed by atoms with van der Waals surface area (Å²) in [6.45, 7) is -0.290. The number of carbonyl (C=O) groups is 2. The number of amides is 2. The molecule has 8 heteroatoms. The van der Waals surface area contributed by atoms with E-state index in [4.69, 9.17) is 22.1 Å². The van der Waals surface area contributed by atoms with E-state index in [9.17, 15) is 9.59 Å². The molecule has 0 aliphatic rings. The van der Waals surface area contributed by atoms with Crippen molar-refractivity contribution in [1.29, 1.82) is 0 Å². The van der Waals surface area contributed by atoms with E-state index in [2.05, 4.69) is 10.6 Å². The van der Waals surface area contributed by atoms with Crippen molar-refractivity contribution in [3.63, 3.8) is 0 Å². The van der Waals surface area contributed by atoms with E-state index < -0.39 is 5.91 Å². The lowest BCUT2D eigenvalue weighted by Crippen LogP contribution is -2.36. The van der Waals surface area contributed by atoms with E-state index in [1.54, 1.807) is 18.2 Å². The van der Waals surface area contributed by atoms with Crippen LogP contribution in [0.25, 0.3) is 0 Å². The molecule has 0 heterocycles. The number of nitrogens with one attached hydrogen (secondary N) is 2. The molecular weight excluding hydrogens is 293 g/mol. The zero-order valence-electron chi connectivity index (χ0n) is 10.2. The van der Waals surface area contributed by atoms with Crippen LogP contribution >= 0.6 is 24.0 Å². The van der Waals surface area contributed by atoms with Gasteiger partial charge in [0.2, 0.25) is 11.8 Å². The van der Waals surface area contributed by atoms with E-state index >= 15 is 0 Å². The third-order valence-corrected chi connectivity index (χ3v) is 2.36. The molecule has 19 heavy (non-hydrogen) atoms. The number of ether oxygens (including phenoxy) is 1. The molecule has 0 fully saturated rings. The zero-order chi connectivity index (χ0) is 13.5. The van der Waals surface area contributed by atoms with Crippen LogP contribution in [-0.2, 0) is 9.59 Å². The van der Waals surface area contributed by atoms with Gasteiger partial charge in [-0.15, -0.1) is 12.4 Å². The summed E-state index contributed by atoms with van der Waals surface area (Å²) in [6.07, 6.45) is 0. The fraction of sp³-hybridized carbons (Fsp3) is 0.273. The fourth-order valence-electron chi connectivity index (χ4n) is 1.20.